The number of fused-ring (bicyclic) bond motifs is 1. The third-order valence-electron chi connectivity index (χ3n) is 4.62. The summed E-state index contributed by atoms with van der Waals surface area (Å²) in [4.78, 5) is 0.796. The van der Waals surface area contributed by atoms with Gasteiger partial charge >= 0.3 is 0 Å². The SMILES string of the molecule is Cc1ccc(S(=O)N2c3ccc(C)cc3OCC2c2ccccc2)cc1. The quantitative estimate of drug-likeness (QED) is 0.658. The molecule has 0 amide bonds. The van der Waals surface area contributed by atoms with Crippen LogP contribution in [0.1, 0.15) is 22.7 Å². The number of benzene rings is 3. The van der Waals surface area contributed by atoms with Crippen molar-refractivity contribution in [2.24, 2.45) is 0 Å². The normalized spacial score (nSPS) is 17.3. The van der Waals surface area contributed by atoms with E-state index in [9.17, 15) is 4.21 Å². The number of rotatable bonds is 3. The molecule has 0 saturated heterocycles. The van der Waals surface area contributed by atoms with Gasteiger partial charge < -0.3 is 4.74 Å². The number of hydrogen-bond acceptors (Lipinski definition) is 2. The van der Waals surface area contributed by atoms with Crippen LogP contribution in [0, 0.1) is 13.8 Å². The molecule has 4 heteroatoms. The van der Waals surface area contributed by atoms with E-state index in [4.69, 9.17) is 4.74 Å². The number of aryl methyl sites for hydroxylation is 2. The van der Waals surface area contributed by atoms with Gasteiger partial charge in [0.05, 0.1) is 10.6 Å². The summed E-state index contributed by atoms with van der Waals surface area (Å²) in [5.41, 5.74) is 4.25. The molecule has 0 bridgehead atoms. The summed E-state index contributed by atoms with van der Waals surface area (Å²) in [6.45, 7) is 4.54. The molecule has 132 valence electrons. The van der Waals surface area contributed by atoms with E-state index < -0.39 is 11.0 Å². The maximum Gasteiger partial charge on any atom is 0.153 e. The minimum Gasteiger partial charge on any atom is -0.489 e. The van der Waals surface area contributed by atoms with Gasteiger partial charge in [0.1, 0.15) is 18.4 Å². The van der Waals surface area contributed by atoms with Crippen LogP contribution in [0.4, 0.5) is 5.69 Å². The number of anilines is 1. The lowest BCUT2D eigenvalue weighted by Crippen LogP contribution is -2.38. The van der Waals surface area contributed by atoms with Gasteiger partial charge in [-0.25, -0.2) is 4.21 Å². The van der Waals surface area contributed by atoms with Crippen molar-refractivity contribution in [3.05, 3.63) is 89.5 Å². The Morgan fingerprint density at radius 2 is 1.62 bits per heavy atom. The third-order valence-corrected chi connectivity index (χ3v) is 6.10. The topological polar surface area (TPSA) is 29.5 Å². The first-order valence-corrected chi connectivity index (χ1v) is 9.80. The molecule has 2 atom stereocenters. The molecule has 0 radical (unpaired) electrons. The van der Waals surface area contributed by atoms with Gasteiger partial charge in [-0.3, -0.25) is 4.31 Å². The fourth-order valence-corrected chi connectivity index (χ4v) is 4.54. The second kappa shape index (κ2) is 6.96. The van der Waals surface area contributed by atoms with Crippen LogP contribution in [0.2, 0.25) is 0 Å². The van der Waals surface area contributed by atoms with Gasteiger partial charge in [0.15, 0.2) is 11.0 Å². The Kier molecular flexibility index (Phi) is 4.51. The fraction of sp³-hybridized carbons (Fsp3) is 0.182. The van der Waals surface area contributed by atoms with Gasteiger partial charge in [0.25, 0.3) is 0 Å². The molecular formula is C22H21NO2S. The first kappa shape index (κ1) is 16.9. The average molecular weight is 363 g/mol. The van der Waals surface area contributed by atoms with Gasteiger partial charge in [0, 0.05) is 0 Å². The average Bonchev–Trinajstić information content (AvgIpc) is 2.67. The number of hydrogen-bond donors (Lipinski definition) is 0. The summed E-state index contributed by atoms with van der Waals surface area (Å²) >= 11 is 0. The predicted molar refractivity (Wildman–Crippen MR) is 106 cm³/mol. The molecule has 4 rings (SSSR count). The van der Waals surface area contributed by atoms with E-state index in [1.165, 1.54) is 0 Å². The smallest absolute Gasteiger partial charge is 0.153 e. The van der Waals surface area contributed by atoms with Crippen LogP contribution in [0.3, 0.4) is 0 Å². The van der Waals surface area contributed by atoms with Crippen molar-refractivity contribution >= 4 is 16.7 Å². The molecule has 0 N–H and O–H groups in total. The van der Waals surface area contributed by atoms with Crippen molar-refractivity contribution in [1.82, 2.24) is 0 Å². The monoisotopic (exact) mass is 363 g/mol. The highest BCUT2D eigenvalue weighted by atomic mass is 32.2. The fourth-order valence-electron chi connectivity index (χ4n) is 3.20. The van der Waals surface area contributed by atoms with E-state index in [1.54, 1.807) is 0 Å². The summed E-state index contributed by atoms with van der Waals surface area (Å²) < 4.78 is 21.5. The molecule has 3 nitrogen and oxygen atoms in total. The summed E-state index contributed by atoms with van der Waals surface area (Å²) in [6, 6.07) is 24.0. The van der Waals surface area contributed by atoms with E-state index >= 15 is 0 Å². The minimum absolute atomic E-state index is 0.103. The van der Waals surface area contributed by atoms with Gasteiger partial charge in [-0.15, -0.1) is 0 Å². The molecule has 0 aromatic heterocycles. The summed E-state index contributed by atoms with van der Waals surface area (Å²) in [7, 11) is -1.32. The van der Waals surface area contributed by atoms with Crippen LogP contribution < -0.4 is 9.04 Å². The zero-order chi connectivity index (χ0) is 18.1. The maximum absolute atomic E-state index is 13.5. The highest BCUT2D eigenvalue weighted by Crippen LogP contribution is 2.42. The Bertz CT molecular complexity index is 938. The van der Waals surface area contributed by atoms with E-state index in [0.717, 1.165) is 33.0 Å². The minimum atomic E-state index is -1.32. The molecule has 0 fully saturated rings. The van der Waals surface area contributed by atoms with Crippen LogP contribution >= 0.6 is 0 Å². The molecule has 1 aliphatic rings. The Hall–Kier alpha value is -2.59. The number of ether oxygens (including phenoxy) is 1. The van der Waals surface area contributed by atoms with E-state index in [1.807, 2.05) is 78.8 Å². The Labute approximate surface area is 156 Å². The molecular weight excluding hydrogens is 342 g/mol. The Morgan fingerprint density at radius 3 is 2.35 bits per heavy atom. The van der Waals surface area contributed by atoms with Crippen molar-refractivity contribution in [3.63, 3.8) is 0 Å². The molecule has 0 spiro atoms. The summed E-state index contributed by atoms with van der Waals surface area (Å²) in [6.07, 6.45) is 0. The third kappa shape index (κ3) is 3.13. The van der Waals surface area contributed by atoms with Crippen molar-refractivity contribution in [3.8, 4) is 5.75 Å². The second-order valence-corrected chi connectivity index (χ2v) is 7.96. The van der Waals surface area contributed by atoms with Crippen LogP contribution in [-0.2, 0) is 11.0 Å². The van der Waals surface area contributed by atoms with Crippen LogP contribution in [0.25, 0.3) is 0 Å². The molecule has 0 aliphatic carbocycles. The molecule has 0 saturated carbocycles. The van der Waals surface area contributed by atoms with E-state index in [0.29, 0.717) is 6.61 Å². The van der Waals surface area contributed by atoms with Crippen LogP contribution in [-0.4, -0.2) is 10.8 Å². The second-order valence-electron chi connectivity index (χ2n) is 6.60. The molecule has 3 aromatic carbocycles. The first-order valence-electron chi connectivity index (χ1n) is 8.69. The number of nitrogens with zero attached hydrogens (tertiary/aromatic N) is 1. The Morgan fingerprint density at radius 1 is 0.923 bits per heavy atom. The summed E-state index contributed by atoms with van der Waals surface area (Å²) in [5, 5.41) is 0. The van der Waals surface area contributed by atoms with Crippen LogP contribution in [0.5, 0.6) is 5.75 Å². The lowest BCUT2D eigenvalue weighted by atomic mass is 10.1. The van der Waals surface area contributed by atoms with Crippen molar-refractivity contribution < 1.29 is 8.95 Å². The lowest BCUT2D eigenvalue weighted by molar-refractivity contribution is 0.276. The maximum atomic E-state index is 13.5. The highest BCUT2D eigenvalue weighted by Gasteiger charge is 2.33. The first-order chi connectivity index (χ1) is 12.6. The predicted octanol–water partition coefficient (Wildman–Crippen LogP) is 4.97. The van der Waals surface area contributed by atoms with E-state index in [-0.39, 0.29) is 6.04 Å². The van der Waals surface area contributed by atoms with Crippen LogP contribution in [0.15, 0.2) is 77.7 Å². The van der Waals surface area contributed by atoms with Gasteiger partial charge in [-0.2, -0.15) is 0 Å². The van der Waals surface area contributed by atoms with Gasteiger partial charge in [-0.1, -0.05) is 54.1 Å². The highest BCUT2D eigenvalue weighted by molar-refractivity contribution is 7.86. The molecule has 2 unspecified atom stereocenters. The van der Waals surface area contributed by atoms with Gasteiger partial charge in [-0.05, 0) is 49.2 Å². The van der Waals surface area contributed by atoms with Crippen molar-refractivity contribution in [1.29, 1.82) is 0 Å². The van der Waals surface area contributed by atoms with Gasteiger partial charge in [0.2, 0.25) is 0 Å². The van der Waals surface area contributed by atoms with Crippen molar-refractivity contribution in [2.45, 2.75) is 24.8 Å². The summed E-state index contributed by atoms with van der Waals surface area (Å²) in [5.74, 6) is 0.789. The van der Waals surface area contributed by atoms with E-state index in [2.05, 4.69) is 12.1 Å². The standard InChI is InChI=1S/C22H21NO2S/c1-16-8-11-19(12-9-16)26(24)23-20-13-10-17(2)14-22(20)25-15-21(23)18-6-4-3-5-7-18/h3-14,21H,15H2,1-2H3. The molecule has 1 heterocycles. The zero-order valence-corrected chi connectivity index (χ0v) is 15.7. The molecule has 26 heavy (non-hydrogen) atoms. The largest absolute Gasteiger partial charge is 0.489 e. The Balaban J connectivity index is 1.82. The zero-order valence-electron chi connectivity index (χ0n) is 14.9. The van der Waals surface area contributed by atoms with Crippen molar-refractivity contribution in [2.75, 3.05) is 10.9 Å². The lowest BCUT2D eigenvalue weighted by Gasteiger charge is -2.37. The molecule has 1 aliphatic heterocycles. The molecule has 3 aromatic rings.